The molecule has 9 heteroatoms. The molecule has 2 aromatic heterocycles. The highest BCUT2D eigenvalue weighted by molar-refractivity contribution is 7.92. The molecule has 3 N–H and O–H groups in total. The van der Waals surface area contributed by atoms with Gasteiger partial charge in [-0.25, -0.2) is 13.4 Å². The predicted molar refractivity (Wildman–Crippen MR) is 83.4 cm³/mol. The molecular weight excluding hydrogens is 318 g/mol. The molecule has 0 radical (unpaired) electrons. The molecule has 23 heavy (non-hydrogen) atoms. The lowest BCUT2D eigenvalue weighted by Crippen LogP contribution is -2.12. The number of nitrogens with zero attached hydrogens (tertiary/aromatic N) is 2. The molecule has 1 unspecified atom stereocenters. The number of H-pyrrole nitrogens is 2. The SMILES string of the molecule is O=S(=O)(Nc1ccc2nc(C3CCCO3)[nH]c2c1)c1cn[nH]c1. The summed E-state index contributed by atoms with van der Waals surface area (Å²) < 4.78 is 32.5. The number of imidazole rings is 1. The number of rotatable bonds is 4. The van der Waals surface area contributed by atoms with E-state index in [4.69, 9.17) is 4.74 Å². The van der Waals surface area contributed by atoms with Gasteiger partial charge in [0.25, 0.3) is 10.0 Å². The van der Waals surface area contributed by atoms with Crippen LogP contribution in [0, 0.1) is 0 Å². The molecule has 0 bridgehead atoms. The van der Waals surface area contributed by atoms with E-state index in [0.717, 1.165) is 36.3 Å². The third kappa shape index (κ3) is 2.68. The molecule has 3 heterocycles. The number of ether oxygens (including phenoxy) is 1. The Balaban J connectivity index is 1.64. The van der Waals surface area contributed by atoms with Gasteiger partial charge in [0.15, 0.2) is 0 Å². The zero-order chi connectivity index (χ0) is 15.9. The van der Waals surface area contributed by atoms with Gasteiger partial charge in [-0.15, -0.1) is 0 Å². The van der Waals surface area contributed by atoms with Crippen molar-refractivity contribution < 1.29 is 13.2 Å². The summed E-state index contributed by atoms with van der Waals surface area (Å²) in [5.74, 6) is 0.785. The van der Waals surface area contributed by atoms with Crippen LogP contribution < -0.4 is 4.72 Å². The van der Waals surface area contributed by atoms with Gasteiger partial charge in [-0.3, -0.25) is 9.82 Å². The van der Waals surface area contributed by atoms with Crippen molar-refractivity contribution in [1.29, 1.82) is 0 Å². The van der Waals surface area contributed by atoms with Crippen LogP contribution in [-0.4, -0.2) is 35.2 Å². The second-order valence-corrected chi connectivity index (χ2v) is 7.08. The topological polar surface area (TPSA) is 113 Å². The van der Waals surface area contributed by atoms with Gasteiger partial charge >= 0.3 is 0 Å². The lowest BCUT2D eigenvalue weighted by atomic mass is 10.2. The maximum Gasteiger partial charge on any atom is 0.265 e. The second-order valence-electron chi connectivity index (χ2n) is 5.40. The van der Waals surface area contributed by atoms with Crippen LogP contribution in [0.3, 0.4) is 0 Å². The maximum atomic E-state index is 12.2. The number of benzene rings is 1. The Morgan fingerprint density at radius 1 is 1.35 bits per heavy atom. The van der Waals surface area contributed by atoms with Crippen LogP contribution in [-0.2, 0) is 14.8 Å². The van der Waals surface area contributed by atoms with Gasteiger partial charge in [0.1, 0.15) is 16.8 Å². The highest BCUT2D eigenvalue weighted by atomic mass is 32.2. The third-order valence-electron chi connectivity index (χ3n) is 3.77. The van der Waals surface area contributed by atoms with Gasteiger partial charge in [0.2, 0.25) is 0 Å². The van der Waals surface area contributed by atoms with Gasteiger partial charge < -0.3 is 9.72 Å². The van der Waals surface area contributed by atoms with Crippen molar-refractivity contribution in [2.75, 3.05) is 11.3 Å². The summed E-state index contributed by atoms with van der Waals surface area (Å²) in [5, 5.41) is 6.14. The standard InChI is InChI=1S/C14H15N5O3S/c20-23(21,10-7-15-16-8-10)19-9-3-4-11-12(6-9)18-14(17-11)13-2-1-5-22-13/h3-4,6-8,13,19H,1-2,5H2,(H,15,16)(H,17,18). The average molecular weight is 333 g/mol. The van der Waals surface area contributed by atoms with Gasteiger partial charge in [0, 0.05) is 12.8 Å². The van der Waals surface area contributed by atoms with E-state index in [1.807, 2.05) is 0 Å². The van der Waals surface area contributed by atoms with Gasteiger partial charge in [0.05, 0.1) is 22.9 Å². The molecule has 1 aliphatic rings. The van der Waals surface area contributed by atoms with Crippen molar-refractivity contribution in [3.63, 3.8) is 0 Å². The molecular formula is C14H15N5O3S. The van der Waals surface area contributed by atoms with E-state index in [2.05, 4.69) is 24.9 Å². The highest BCUT2D eigenvalue weighted by Gasteiger charge is 2.21. The second kappa shape index (κ2) is 5.36. The summed E-state index contributed by atoms with van der Waals surface area (Å²) in [4.78, 5) is 7.80. The average Bonchev–Trinajstić information content (AvgIpc) is 3.26. The molecule has 1 aromatic carbocycles. The Kier molecular flexibility index (Phi) is 3.31. The first-order valence-electron chi connectivity index (χ1n) is 7.25. The number of sulfonamides is 1. The number of nitrogens with one attached hydrogen (secondary N) is 3. The molecule has 0 aliphatic carbocycles. The normalized spacial score (nSPS) is 18.5. The number of aromatic amines is 2. The van der Waals surface area contributed by atoms with Crippen LogP contribution in [0.2, 0.25) is 0 Å². The summed E-state index contributed by atoms with van der Waals surface area (Å²) in [6.45, 7) is 0.747. The van der Waals surface area contributed by atoms with Crippen molar-refractivity contribution >= 4 is 26.7 Å². The number of hydrogen-bond acceptors (Lipinski definition) is 5. The summed E-state index contributed by atoms with van der Waals surface area (Å²) in [7, 11) is -3.65. The van der Waals surface area contributed by atoms with Crippen molar-refractivity contribution in [2.24, 2.45) is 0 Å². The lowest BCUT2D eigenvalue weighted by Gasteiger charge is -2.05. The largest absolute Gasteiger partial charge is 0.370 e. The Bertz CT molecular complexity index is 927. The molecule has 0 saturated carbocycles. The summed E-state index contributed by atoms with van der Waals surface area (Å²) in [5.41, 5.74) is 2.01. The molecule has 1 aliphatic heterocycles. The third-order valence-corrected chi connectivity index (χ3v) is 5.12. The Labute approximate surface area is 132 Å². The van der Waals surface area contributed by atoms with Crippen LogP contribution in [0.15, 0.2) is 35.5 Å². The van der Waals surface area contributed by atoms with Gasteiger partial charge in [-0.1, -0.05) is 0 Å². The van der Waals surface area contributed by atoms with E-state index in [-0.39, 0.29) is 11.0 Å². The number of aromatic nitrogens is 4. The van der Waals surface area contributed by atoms with Gasteiger partial charge in [-0.2, -0.15) is 5.10 Å². The zero-order valence-corrected chi connectivity index (χ0v) is 12.9. The molecule has 1 fully saturated rings. The van der Waals surface area contributed by atoms with E-state index in [1.54, 1.807) is 18.2 Å². The summed E-state index contributed by atoms with van der Waals surface area (Å²) in [6.07, 6.45) is 4.55. The first-order valence-corrected chi connectivity index (χ1v) is 8.73. The zero-order valence-electron chi connectivity index (χ0n) is 12.1. The monoisotopic (exact) mass is 333 g/mol. The molecule has 0 amide bonds. The Hall–Kier alpha value is -2.39. The van der Waals surface area contributed by atoms with E-state index >= 15 is 0 Å². The van der Waals surface area contributed by atoms with E-state index in [1.165, 1.54) is 12.4 Å². The number of anilines is 1. The molecule has 120 valence electrons. The van der Waals surface area contributed by atoms with Crippen LogP contribution in [0.4, 0.5) is 5.69 Å². The minimum atomic E-state index is -3.65. The Morgan fingerprint density at radius 2 is 2.26 bits per heavy atom. The maximum absolute atomic E-state index is 12.2. The first kappa shape index (κ1) is 14.2. The molecule has 8 nitrogen and oxygen atoms in total. The fraction of sp³-hybridized carbons (Fsp3) is 0.286. The summed E-state index contributed by atoms with van der Waals surface area (Å²) >= 11 is 0. The minimum absolute atomic E-state index is 0.00604. The Morgan fingerprint density at radius 3 is 3.00 bits per heavy atom. The predicted octanol–water partition coefficient (Wildman–Crippen LogP) is 1.94. The molecule has 4 rings (SSSR count). The minimum Gasteiger partial charge on any atom is -0.370 e. The van der Waals surface area contributed by atoms with Gasteiger partial charge in [-0.05, 0) is 31.0 Å². The number of hydrogen-bond donors (Lipinski definition) is 3. The van der Waals surface area contributed by atoms with E-state index in [9.17, 15) is 8.42 Å². The first-order chi connectivity index (χ1) is 11.1. The van der Waals surface area contributed by atoms with Crippen molar-refractivity contribution in [2.45, 2.75) is 23.8 Å². The summed E-state index contributed by atoms with van der Waals surface area (Å²) in [6, 6.07) is 5.18. The van der Waals surface area contributed by atoms with Crippen molar-refractivity contribution in [1.82, 2.24) is 20.2 Å². The molecule has 1 saturated heterocycles. The van der Waals surface area contributed by atoms with Crippen molar-refractivity contribution in [3.8, 4) is 0 Å². The van der Waals surface area contributed by atoms with Crippen LogP contribution >= 0.6 is 0 Å². The lowest BCUT2D eigenvalue weighted by molar-refractivity contribution is 0.106. The fourth-order valence-electron chi connectivity index (χ4n) is 2.64. The highest BCUT2D eigenvalue weighted by Crippen LogP contribution is 2.29. The van der Waals surface area contributed by atoms with Crippen LogP contribution in [0.25, 0.3) is 11.0 Å². The quantitative estimate of drug-likeness (QED) is 0.675. The number of fused-ring (bicyclic) bond motifs is 1. The molecule has 0 spiro atoms. The molecule has 3 aromatic rings. The van der Waals surface area contributed by atoms with Crippen LogP contribution in [0.1, 0.15) is 24.8 Å². The van der Waals surface area contributed by atoms with Crippen molar-refractivity contribution in [3.05, 3.63) is 36.4 Å². The van der Waals surface area contributed by atoms with E-state index < -0.39 is 10.0 Å². The van der Waals surface area contributed by atoms with Crippen LogP contribution in [0.5, 0.6) is 0 Å². The fourth-order valence-corrected chi connectivity index (χ4v) is 3.59. The molecule has 1 atom stereocenters. The smallest absolute Gasteiger partial charge is 0.265 e. The van der Waals surface area contributed by atoms with E-state index in [0.29, 0.717) is 5.69 Å².